The Morgan fingerprint density at radius 1 is 0.933 bits per heavy atom. The van der Waals surface area contributed by atoms with Gasteiger partial charge in [0.05, 0.1) is 11.3 Å². The number of ketones is 1. The molecule has 1 atom stereocenters. The zero-order chi connectivity index (χ0) is 21.3. The Hall–Kier alpha value is -3.21. The number of nitrogens with zero attached hydrogens (tertiary/aromatic N) is 2. The molecule has 0 spiro atoms. The molecule has 0 amide bonds. The van der Waals surface area contributed by atoms with Crippen LogP contribution < -0.4 is 10.6 Å². The molecule has 1 aliphatic carbocycles. The van der Waals surface area contributed by atoms with Gasteiger partial charge in [0, 0.05) is 17.8 Å². The van der Waals surface area contributed by atoms with Gasteiger partial charge in [-0.2, -0.15) is 4.98 Å². The number of anilines is 4. The molecule has 0 bridgehead atoms. The zero-order valence-electron chi connectivity index (χ0n) is 18.0. The van der Waals surface area contributed by atoms with Crippen molar-refractivity contribution in [3.63, 3.8) is 0 Å². The van der Waals surface area contributed by atoms with Gasteiger partial charge in [-0.15, -0.1) is 0 Å². The molecule has 2 aromatic carbocycles. The van der Waals surface area contributed by atoms with E-state index in [9.17, 15) is 4.79 Å². The van der Waals surface area contributed by atoms with Crippen LogP contribution in [-0.2, 0) is 12.8 Å². The number of fused-ring (bicyclic) bond motifs is 1. The van der Waals surface area contributed by atoms with Crippen molar-refractivity contribution >= 4 is 28.9 Å². The molecule has 1 heterocycles. The molecule has 0 saturated carbocycles. The van der Waals surface area contributed by atoms with E-state index in [4.69, 9.17) is 9.97 Å². The van der Waals surface area contributed by atoms with Crippen molar-refractivity contribution in [2.45, 2.75) is 47.0 Å². The first-order chi connectivity index (χ1) is 14.4. The lowest BCUT2D eigenvalue weighted by Gasteiger charge is -2.23. The second-order valence-electron chi connectivity index (χ2n) is 8.25. The van der Waals surface area contributed by atoms with E-state index in [1.807, 2.05) is 18.2 Å². The van der Waals surface area contributed by atoms with Gasteiger partial charge in [0.15, 0.2) is 5.78 Å². The molecule has 4 rings (SSSR count). The third-order valence-corrected chi connectivity index (χ3v) is 5.73. The highest BCUT2D eigenvalue weighted by molar-refractivity contribution is 6.03. The molecule has 30 heavy (non-hydrogen) atoms. The molecule has 0 fully saturated rings. The smallest absolute Gasteiger partial charge is 0.229 e. The lowest BCUT2D eigenvalue weighted by molar-refractivity contribution is 0.0953. The minimum atomic E-state index is 0.106. The fourth-order valence-electron chi connectivity index (χ4n) is 3.82. The van der Waals surface area contributed by atoms with E-state index >= 15 is 0 Å². The summed E-state index contributed by atoms with van der Waals surface area (Å²) >= 11 is 0. The van der Waals surface area contributed by atoms with Crippen molar-refractivity contribution in [1.82, 2.24) is 9.97 Å². The van der Waals surface area contributed by atoms with Crippen molar-refractivity contribution in [2.75, 3.05) is 10.6 Å². The first-order valence-corrected chi connectivity index (χ1v) is 10.6. The minimum absolute atomic E-state index is 0.106. The number of aryl methyl sites for hydroxylation is 3. The lowest BCUT2D eigenvalue weighted by Crippen LogP contribution is -2.22. The first kappa shape index (κ1) is 20.1. The summed E-state index contributed by atoms with van der Waals surface area (Å²) in [5, 5.41) is 6.69. The van der Waals surface area contributed by atoms with Crippen molar-refractivity contribution in [2.24, 2.45) is 5.92 Å². The summed E-state index contributed by atoms with van der Waals surface area (Å²) < 4.78 is 0. The van der Waals surface area contributed by atoms with Gasteiger partial charge < -0.3 is 10.6 Å². The maximum Gasteiger partial charge on any atom is 0.229 e. The summed E-state index contributed by atoms with van der Waals surface area (Å²) in [7, 11) is 0. The van der Waals surface area contributed by atoms with Gasteiger partial charge in [-0.25, -0.2) is 4.98 Å². The van der Waals surface area contributed by atoms with Crippen LogP contribution >= 0.6 is 0 Å². The number of Topliss-reactive ketones (excluding diaryl/α,β-unsaturated/α-hetero) is 1. The van der Waals surface area contributed by atoms with E-state index in [0.717, 1.165) is 29.9 Å². The van der Waals surface area contributed by atoms with Gasteiger partial charge in [0.25, 0.3) is 0 Å². The fraction of sp³-hybridized carbons (Fsp3) is 0.320. The lowest BCUT2D eigenvalue weighted by atomic mass is 9.87. The van der Waals surface area contributed by atoms with Crippen LogP contribution in [0.4, 0.5) is 23.1 Å². The highest BCUT2D eigenvalue weighted by atomic mass is 16.1. The maximum absolute atomic E-state index is 12.8. The van der Waals surface area contributed by atoms with E-state index in [1.54, 1.807) is 0 Å². The van der Waals surface area contributed by atoms with Gasteiger partial charge in [0.2, 0.25) is 5.95 Å². The van der Waals surface area contributed by atoms with E-state index in [2.05, 4.69) is 62.6 Å². The third-order valence-electron chi connectivity index (χ3n) is 5.73. The van der Waals surface area contributed by atoms with Gasteiger partial charge in [-0.05, 0) is 73.6 Å². The predicted molar refractivity (Wildman–Crippen MR) is 122 cm³/mol. The quantitative estimate of drug-likeness (QED) is 0.557. The molecule has 0 saturated heterocycles. The molecule has 5 heteroatoms. The van der Waals surface area contributed by atoms with Gasteiger partial charge >= 0.3 is 0 Å². The molecule has 0 aliphatic heterocycles. The van der Waals surface area contributed by atoms with Gasteiger partial charge in [-0.1, -0.05) is 32.0 Å². The molecule has 1 aromatic heterocycles. The van der Waals surface area contributed by atoms with Crippen LogP contribution in [0.2, 0.25) is 0 Å². The summed E-state index contributed by atoms with van der Waals surface area (Å²) in [4.78, 5) is 22.2. The minimum Gasteiger partial charge on any atom is -0.339 e. The highest BCUT2D eigenvalue weighted by Gasteiger charge is 2.28. The standard InChI is InChI=1S/C25H28N4O/c1-5-18-7-10-19(11-8-18)26-24-23-21(12-15(2)13-22(23)30)28-25(29-24)27-20-9-6-16(3)17(4)14-20/h6-11,14-15H,5,12-13H2,1-4H3,(H2,26,27,28,29). The van der Waals surface area contributed by atoms with E-state index in [-0.39, 0.29) is 11.7 Å². The Kier molecular flexibility index (Phi) is 5.53. The number of hydrogen-bond donors (Lipinski definition) is 2. The summed E-state index contributed by atoms with van der Waals surface area (Å²) in [5.74, 6) is 1.47. The average molecular weight is 401 g/mol. The van der Waals surface area contributed by atoms with E-state index in [1.165, 1.54) is 16.7 Å². The number of aromatic nitrogens is 2. The van der Waals surface area contributed by atoms with Crippen LogP contribution in [0.5, 0.6) is 0 Å². The molecule has 5 nitrogen and oxygen atoms in total. The topological polar surface area (TPSA) is 66.9 Å². The Bertz CT molecular complexity index is 1090. The zero-order valence-corrected chi connectivity index (χ0v) is 18.0. The Morgan fingerprint density at radius 2 is 1.67 bits per heavy atom. The molecular weight excluding hydrogens is 372 g/mol. The van der Waals surface area contributed by atoms with Gasteiger partial charge in [-0.3, -0.25) is 4.79 Å². The largest absolute Gasteiger partial charge is 0.339 e. The summed E-state index contributed by atoms with van der Waals surface area (Å²) in [6, 6.07) is 14.4. The molecule has 2 N–H and O–H groups in total. The molecule has 0 radical (unpaired) electrons. The molecule has 3 aromatic rings. The summed E-state index contributed by atoms with van der Waals surface area (Å²) in [5.41, 5.74) is 7.00. The van der Waals surface area contributed by atoms with Crippen LogP contribution in [-0.4, -0.2) is 15.8 Å². The molecular formula is C25H28N4O. The summed E-state index contributed by atoms with van der Waals surface area (Å²) in [6.45, 7) is 8.40. The summed E-state index contributed by atoms with van der Waals surface area (Å²) in [6.07, 6.45) is 2.29. The number of hydrogen-bond acceptors (Lipinski definition) is 5. The highest BCUT2D eigenvalue weighted by Crippen LogP contribution is 2.32. The van der Waals surface area contributed by atoms with Crippen LogP contribution in [0.25, 0.3) is 0 Å². The van der Waals surface area contributed by atoms with Crippen molar-refractivity contribution in [3.05, 3.63) is 70.4 Å². The van der Waals surface area contributed by atoms with Gasteiger partial charge in [0.1, 0.15) is 5.82 Å². The second kappa shape index (κ2) is 8.27. The number of carbonyl (C=O) groups is 1. The fourth-order valence-corrected chi connectivity index (χ4v) is 3.82. The van der Waals surface area contributed by atoms with Crippen LogP contribution in [0, 0.1) is 19.8 Å². The van der Waals surface area contributed by atoms with Crippen molar-refractivity contribution in [3.8, 4) is 0 Å². The maximum atomic E-state index is 12.8. The molecule has 1 aliphatic rings. The Balaban J connectivity index is 1.72. The number of rotatable bonds is 5. The van der Waals surface area contributed by atoms with Crippen molar-refractivity contribution < 1.29 is 4.79 Å². The average Bonchev–Trinajstić information content (AvgIpc) is 2.70. The van der Waals surface area contributed by atoms with Crippen molar-refractivity contribution in [1.29, 1.82) is 0 Å². The normalized spacial score (nSPS) is 15.6. The van der Waals surface area contributed by atoms with Crippen LogP contribution in [0.3, 0.4) is 0 Å². The first-order valence-electron chi connectivity index (χ1n) is 10.6. The number of nitrogens with one attached hydrogen (secondary N) is 2. The van der Waals surface area contributed by atoms with Crippen LogP contribution in [0.1, 0.15) is 53.0 Å². The van der Waals surface area contributed by atoms with E-state index < -0.39 is 0 Å². The Morgan fingerprint density at radius 3 is 2.37 bits per heavy atom. The predicted octanol–water partition coefficient (Wildman–Crippen LogP) is 5.91. The SMILES string of the molecule is CCc1ccc(Nc2nc(Nc3ccc(C)c(C)c3)nc3c2C(=O)CC(C)C3)cc1. The number of benzene rings is 2. The molecule has 1 unspecified atom stereocenters. The third kappa shape index (κ3) is 4.20. The van der Waals surface area contributed by atoms with Crippen LogP contribution in [0.15, 0.2) is 42.5 Å². The number of carbonyl (C=O) groups excluding carboxylic acids is 1. The Labute approximate surface area is 178 Å². The molecule has 154 valence electrons. The monoisotopic (exact) mass is 400 g/mol. The second-order valence-corrected chi connectivity index (χ2v) is 8.25. The van der Waals surface area contributed by atoms with E-state index in [0.29, 0.717) is 23.8 Å².